The first-order valence-electron chi connectivity index (χ1n) is 6.20. The molecule has 0 amide bonds. The minimum atomic E-state index is -5.08. The fourth-order valence-corrected chi connectivity index (χ4v) is 1.76. The van der Waals surface area contributed by atoms with Gasteiger partial charge in [-0.25, -0.2) is 14.0 Å². The summed E-state index contributed by atoms with van der Waals surface area (Å²) in [4.78, 5) is 23.5. The van der Waals surface area contributed by atoms with Crippen LogP contribution < -0.4 is 4.74 Å². The van der Waals surface area contributed by atoms with Crippen molar-refractivity contribution in [1.82, 2.24) is 0 Å². The summed E-state index contributed by atoms with van der Waals surface area (Å²) < 4.78 is 63.0. The summed E-state index contributed by atoms with van der Waals surface area (Å²) in [5, 5.41) is 0. The molecule has 1 fully saturated rings. The molecule has 124 valence electrons. The van der Waals surface area contributed by atoms with Crippen molar-refractivity contribution in [2.24, 2.45) is 0 Å². The smallest absolute Gasteiger partial charge is 0.419 e. The Morgan fingerprint density at radius 3 is 2.22 bits per heavy atom. The molecule has 1 saturated heterocycles. The molecule has 0 radical (unpaired) electrons. The summed E-state index contributed by atoms with van der Waals surface area (Å²) in [6, 6.07) is 2.46. The van der Waals surface area contributed by atoms with Crippen LogP contribution in [0.2, 0.25) is 0 Å². The predicted molar refractivity (Wildman–Crippen MR) is 67.3 cm³/mol. The largest absolute Gasteiger partial charge is 0.573 e. The maximum Gasteiger partial charge on any atom is 0.573 e. The number of carbonyl (C=O) groups excluding carboxylic acids is 2. The lowest BCUT2D eigenvalue weighted by Crippen LogP contribution is -2.41. The van der Waals surface area contributed by atoms with Crippen molar-refractivity contribution in [3.05, 3.63) is 35.2 Å². The maximum atomic E-state index is 13.3. The molecule has 1 aliphatic heterocycles. The van der Waals surface area contributed by atoms with Gasteiger partial charge in [-0.2, -0.15) is 0 Å². The monoisotopic (exact) mass is 334 g/mol. The van der Waals surface area contributed by atoms with E-state index in [1.807, 2.05) is 0 Å². The fourth-order valence-electron chi connectivity index (χ4n) is 1.76. The quantitative estimate of drug-likeness (QED) is 0.360. The van der Waals surface area contributed by atoms with Crippen LogP contribution in [0.3, 0.4) is 0 Å². The molecule has 23 heavy (non-hydrogen) atoms. The summed E-state index contributed by atoms with van der Waals surface area (Å²) in [6.45, 7) is 2.68. The molecule has 1 heterocycles. The number of benzene rings is 1. The van der Waals surface area contributed by atoms with Crippen LogP contribution in [0.5, 0.6) is 5.75 Å². The molecule has 2 rings (SSSR count). The Labute approximate surface area is 127 Å². The molecule has 0 bridgehead atoms. The van der Waals surface area contributed by atoms with Crippen LogP contribution in [0.4, 0.5) is 17.6 Å². The average molecular weight is 334 g/mol. The molecule has 0 aromatic heterocycles. The summed E-state index contributed by atoms with van der Waals surface area (Å²) in [5.74, 6) is -5.80. The highest BCUT2D eigenvalue weighted by Gasteiger charge is 2.39. The van der Waals surface area contributed by atoms with Gasteiger partial charge in [-0.05, 0) is 23.8 Å². The summed E-state index contributed by atoms with van der Waals surface area (Å²) >= 11 is 0. The van der Waals surface area contributed by atoms with Gasteiger partial charge in [0.25, 0.3) is 5.79 Å². The van der Waals surface area contributed by atoms with Crippen molar-refractivity contribution in [3.8, 4) is 5.75 Å². The molecule has 0 atom stereocenters. The minimum Gasteiger partial charge on any atom is -0.419 e. The SMILES string of the molecule is CC1(C)OC(=O)C(=Cc2ccc(F)c(OC(F)(F)F)c2)C(=O)O1. The lowest BCUT2D eigenvalue weighted by Gasteiger charge is -2.29. The van der Waals surface area contributed by atoms with Crippen LogP contribution in [0.1, 0.15) is 19.4 Å². The van der Waals surface area contributed by atoms with Gasteiger partial charge in [-0.1, -0.05) is 6.07 Å². The zero-order valence-corrected chi connectivity index (χ0v) is 11.9. The molecule has 0 spiro atoms. The van der Waals surface area contributed by atoms with Gasteiger partial charge in [0.15, 0.2) is 11.6 Å². The summed E-state index contributed by atoms with van der Waals surface area (Å²) in [6.07, 6.45) is -4.16. The topological polar surface area (TPSA) is 61.8 Å². The second kappa shape index (κ2) is 5.56. The summed E-state index contributed by atoms with van der Waals surface area (Å²) in [7, 11) is 0. The standard InChI is InChI=1S/C14H10F4O5/c1-13(2)22-11(19)8(12(20)23-13)5-7-3-4-9(15)10(6-7)21-14(16,17)18/h3-6H,1-2H3. The van der Waals surface area contributed by atoms with E-state index in [2.05, 4.69) is 4.74 Å². The van der Waals surface area contributed by atoms with E-state index in [1.54, 1.807) is 0 Å². The van der Waals surface area contributed by atoms with Crippen molar-refractivity contribution in [2.45, 2.75) is 26.0 Å². The average Bonchev–Trinajstić information content (AvgIpc) is 2.34. The van der Waals surface area contributed by atoms with Crippen molar-refractivity contribution in [1.29, 1.82) is 0 Å². The van der Waals surface area contributed by atoms with E-state index in [0.717, 1.165) is 12.1 Å². The number of carbonyl (C=O) groups is 2. The van der Waals surface area contributed by atoms with E-state index in [-0.39, 0.29) is 5.56 Å². The zero-order valence-electron chi connectivity index (χ0n) is 11.9. The molecule has 1 aromatic carbocycles. The van der Waals surface area contributed by atoms with Gasteiger partial charge in [-0.15, -0.1) is 13.2 Å². The van der Waals surface area contributed by atoms with Crippen LogP contribution in [-0.2, 0) is 19.1 Å². The molecular formula is C14H10F4O5. The van der Waals surface area contributed by atoms with Gasteiger partial charge in [0.2, 0.25) is 0 Å². The third-order valence-electron chi connectivity index (χ3n) is 2.61. The van der Waals surface area contributed by atoms with Crippen molar-refractivity contribution >= 4 is 18.0 Å². The fraction of sp³-hybridized carbons (Fsp3) is 0.286. The van der Waals surface area contributed by atoms with Gasteiger partial charge >= 0.3 is 18.3 Å². The molecule has 1 aliphatic rings. The first kappa shape index (κ1) is 16.8. The molecule has 0 unspecified atom stereocenters. The lowest BCUT2D eigenvalue weighted by atomic mass is 10.1. The van der Waals surface area contributed by atoms with Gasteiger partial charge in [0.1, 0.15) is 5.57 Å². The van der Waals surface area contributed by atoms with E-state index in [9.17, 15) is 27.2 Å². The summed E-state index contributed by atoms with van der Waals surface area (Å²) in [5.41, 5.74) is -0.608. The Balaban J connectivity index is 2.34. The Hall–Kier alpha value is -2.58. The van der Waals surface area contributed by atoms with Crippen LogP contribution >= 0.6 is 0 Å². The number of esters is 2. The highest BCUT2D eigenvalue weighted by Crippen LogP contribution is 2.29. The number of halogens is 4. The van der Waals surface area contributed by atoms with Crippen molar-refractivity contribution in [2.75, 3.05) is 0 Å². The number of hydrogen-bond acceptors (Lipinski definition) is 5. The van der Waals surface area contributed by atoms with Gasteiger partial charge < -0.3 is 14.2 Å². The van der Waals surface area contributed by atoms with Crippen LogP contribution in [-0.4, -0.2) is 24.1 Å². The van der Waals surface area contributed by atoms with E-state index in [4.69, 9.17) is 9.47 Å². The second-order valence-corrected chi connectivity index (χ2v) is 4.97. The highest BCUT2D eigenvalue weighted by molar-refractivity contribution is 6.18. The van der Waals surface area contributed by atoms with E-state index in [1.165, 1.54) is 13.8 Å². The number of hydrogen-bond donors (Lipinski definition) is 0. The highest BCUT2D eigenvalue weighted by atomic mass is 19.4. The number of alkyl halides is 3. The Morgan fingerprint density at radius 1 is 1.13 bits per heavy atom. The van der Waals surface area contributed by atoms with Crippen LogP contribution in [0.25, 0.3) is 6.08 Å². The predicted octanol–water partition coefficient (Wildman–Crippen LogP) is 2.94. The lowest BCUT2D eigenvalue weighted by molar-refractivity contribution is -0.275. The van der Waals surface area contributed by atoms with Crippen molar-refractivity contribution in [3.63, 3.8) is 0 Å². The third-order valence-corrected chi connectivity index (χ3v) is 2.61. The Morgan fingerprint density at radius 2 is 1.70 bits per heavy atom. The molecule has 0 aliphatic carbocycles. The van der Waals surface area contributed by atoms with Gasteiger partial charge in [0.05, 0.1) is 0 Å². The van der Waals surface area contributed by atoms with Crippen LogP contribution in [0, 0.1) is 5.82 Å². The minimum absolute atomic E-state index is 0.0748. The van der Waals surface area contributed by atoms with E-state index >= 15 is 0 Å². The normalized spacial score (nSPS) is 17.4. The van der Waals surface area contributed by atoms with Gasteiger partial charge in [0, 0.05) is 13.8 Å². The second-order valence-electron chi connectivity index (χ2n) is 4.97. The molecule has 1 aromatic rings. The Kier molecular flexibility index (Phi) is 4.06. The number of ether oxygens (including phenoxy) is 3. The molecule has 0 N–H and O–H groups in total. The molecule has 0 saturated carbocycles. The number of rotatable bonds is 2. The van der Waals surface area contributed by atoms with Crippen molar-refractivity contribution < 1.29 is 41.4 Å². The maximum absolute atomic E-state index is 13.3. The molecule has 5 nitrogen and oxygen atoms in total. The van der Waals surface area contributed by atoms with E-state index < -0.39 is 41.2 Å². The van der Waals surface area contributed by atoms with Crippen LogP contribution in [0.15, 0.2) is 23.8 Å². The molecule has 9 heteroatoms. The van der Waals surface area contributed by atoms with E-state index in [0.29, 0.717) is 12.1 Å². The third kappa shape index (κ3) is 4.21. The zero-order chi connectivity index (χ0) is 17.4. The van der Waals surface area contributed by atoms with Gasteiger partial charge in [-0.3, -0.25) is 0 Å². The number of cyclic esters (lactones) is 2. The molecular weight excluding hydrogens is 324 g/mol. The first-order chi connectivity index (χ1) is 10.5. The first-order valence-corrected chi connectivity index (χ1v) is 6.20. The Bertz CT molecular complexity index is 669.